The van der Waals surface area contributed by atoms with Crippen LogP contribution in [0.3, 0.4) is 0 Å². The first-order valence-corrected chi connectivity index (χ1v) is 9.18. The van der Waals surface area contributed by atoms with Gasteiger partial charge in [-0.2, -0.15) is 4.31 Å². The molecular formula is C14H21BrN2O3S. The molecule has 0 saturated heterocycles. The van der Waals surface area contributed by atoms with Gasteiger partial charge >= 0.3 is 0 Å². The Morgan fingerprint density at radius 2 is 1.86 bits per heavy atom. The summed E-state index contributed by atoms with van der Waals surface area (Å²) in [6, 6.07) is 7.09. The van der Waals surface area contributed by atoms with Crippen LogP contribution in [0.1, 0.15) is 31.1 Å². The van der Waals surface area contributed by atoms with E-state index in [4.69, 9.17) is 0 Å². The fourth-order valence-corrected chi connectivity index (χ4v) is 3.89. The molecule has 5 nitrogen and oxygen atoms in total. The van der Waals surface area contributed by atoms with E-state index in [0.717, 1.165) is 0 Å². The van der Waals surface area contributed by atoms with Gasteiger partial charge in [-0.25, -0.2) is 8.42 Å². The fraction of sp³-hybridized carbons (Fsp3) is 0.500. The molecule has 1 amide bonds. The fourth-order valence-electron chi connectivity index (χ4n) is 2.01. The van der Waals surface area contributed by atoms with Crippen LogP contribution >= 0.6 is 15.9 Å². The highest BCUT2D eigenvalue weighted by atomic mass is 79.9. The minimum absolute atomic E-state index is 0.232. The number of sulfonamides is 1. The highest BCUT2D eigenvalue weighted by molar-refractivity contribution is 9.10. The number of nitrogens with one attached hydrogen (secondary N) is 1. The van der Waals surface area contributed by atoms with Gasteiger partial charge in [-0.15, -0.1) is 0 Å². The van der Waals surface area contributed by atoms with Crippen LogP contribution in [0.15, 0.2) is 28.7 Å². The molecule has 1 rings (SSSR count). The summed E-state index contributed by atoms with van der Waals surface area (Å²) in [5.74, 6) is -0.232. The molecular weight excluding hydrogens is 356 g/mol. The maximum Gasteiger partial charge on any atom is 0.252 e. The predicted octanol–water partition coefficient (Wildman–Crippen LogP) is 2.24. The predicted molar refractivity (Wildman–Crippen MR) is 87.8 cm³/mol. The second-order valence-corrected chi connectivity index (χ2v) is 8.50. The van der Waals surface area contributed by atoms with Gasteiger partial charge in [0, 0.05) is 23.1 Å². The number of nitrogens with zero attached hydrogens (tertiary/aromatic N) is 1. The summed E-state index contributed by atoms with van der Waals surface area (Å²) in [5, 5.41) is 2.74. The van der Waals surface area contributed by atoms with Gasteiger partial charge in [0.05, 0.1) is 11.8 Å². The van der Waals surface area contributed by atoms with E-state index in [1.807, 2.05) is 26.8 Å². The number of carbonyl (C=O) groups is 1. The third-order valence-electron chi connectivity index (χ3n) is 2.87. The van der Waals surface area contributed by atoms with Crippen molar-refractivity contribution in [1.29, 1.82) is 0 Å². The van der Waals surface area contributed by atoms with E-state index in [0.29, 0.717) is 10.0 Å². The Bertz CT molecular complexity index is 609. The lowest BCUT2D eigenvalue weighted by Gasteiger charge is -2.33. The topological polar surface area (TPSA) is 66.5 Å². The minimum Gasteiger partial charge on any atom is -0.351 e. The van der Waals surface area contributed by atoms with Crippen LogP contribution in [0.4, 0.5) is 0 Å². The van der Waals surface area contributed by atoms with E-state index in [1.165, 1.54) is 10.6 Å². The van der Waals surface area contributed by atoms with Crippen molar-refractivity contribution in [2.45, 2.75) is 26.3 Å². The van der Waals surface area contributed by atoms with Crippen LogP contribution in [0, 0.1) is 0 Å². The summed E-state index contributed by atoms with van der Waals surface area (Å²) in [6.45, 7) is 5.96. The van der Waals surface area contributed by atoms with Crippen molar-refractivity contribution in [2.75, 3.05) is 19.3 Å². The average molecular weight is 377 g/mol. The molecule has 0 saturated carbocycles. The van der Waals surface area contributed by atoms with E-state index in [9.17, 15) is 13.2 Å². The largest absolute Gasteiger partial charge is 0.351 e. The van der Waals surface area contributed by atoms with Crippen molar-refractivity contribution < 1.29 is 13.2 Å². The van der Waals surface area contributed by atoms with Gasteiger partial charge in [-0.1, -0.05) is 12.1 Å². The first-order chi connectivity index (χ1) is 9.53. The maximum absolute atomic E-state index is 12.0. The third kappa shape index (κ3) is 5.41. The van der Waals surface area contributed by atoms with Crippen LogP contribution in [-0.4, -0.2) is 43.5 Å². The monoisotopic (exact) mass is 376 g/mol. The lowest BCUT2D eigenvalue weighted by Crippen LogP contribution is -2.48. The molecule has 1 aromatic carbocycles. The maximum atomic E-state index is 12.0. The second-order valence-electron chi connectivity index (χ2n) is 5.74. The van der Waals surface area contributed by atoms with Gasteiger partial charge in [-0.05, 0) is 48.8 Å². The summed E-state index contributed by atoms with van der Waals surface area (Å²) < 4.78 is 25.6. The number of rotatable bonds is 5. The Labute approximate surface area is 134 Å². The molecule has 0 spiro atoms. The van der Waals surface area contributed by atoms with Crippen LogP contribution in [0.25, 0.3) is 0 Å². The smallest absolute Gasteiger partial charge is 0.252 e. The molecule has 0 radical (unpaired) electrons. The average Bonchev–Trinajstić information content (AvgIpc) is 2.31. The molecule has 0 fully saturated rings. The molecule has 0 aliphatic carbocycles. The molecule has 0 bridgehead atoms. The van der Waals surface area contributed by atoms with Crippen molar-refractivity contribution in [3.05, 3.63) is 34.3 Å². The lowest BCUT2D eigenvalue weighted by atomic mass is 10.1. The van der Waals surface area contributed by atoms with Crippen LogP contribution in [0.2, 0.25) is 0 Å². The molecule has 0 aliphatic heterocycles. The van der Waals surface area contributed by atoms with Gasteiger partial charge in [0.1, 0.15) is 0 Å². The Morgan fingerprint density at radius 1 is 1.29 bits per heavy atom. The zero-order valence-electron chi connectivity index (χ0n) is 12.7. The van der Waals surface area contributed by atoms with Crippen molar-refractivity contribution in [2.24, 2.45) is 0 Å². The van der Waals surface area contributed by atoms with E-state index in [-0.39, 0.29) is 19.0 Å². The van der Waals surface area contributed by atoms with E-state index in [1.54, 1.807) is 18.2 Å². The highest BCUT2D eigenvalue weighted by Gasteiger charge is 2.29. The second kappa shape index (κ2) is 6.89. The van der Waals surface area contributed by atoms with Gasteiger partial charge < -0.3 is 5.32 Å². The van der Waals surface area contributed by atoms with Crippen LogP contribution in [-0.2, 0) is 10.0 Å². The number of halogens is 1. The van der Waals surface area contributed by atoms with Gasteiger partial charge in [0.2, 0.25) is 10.0 Å². The Morgan fingerprint density at radius 3 is 2.33 bits per heavy atom. The summed E-state index contributed by atoms with van der Waals surface area (Å²) in [6.07, 6.45) is 1.17. The van der Waals surface area contributed by atoms with Crippen molar-refractivity contribution >= 4 is 31.9 Å². The molecule has 1 N–H and O–H groups in total. The molecule has 0 heterocycles. The summed E-state index contributed by atoms with van der Waals surface area (Å²) in [5.41, 5.74) is 0.00482. The van der Waals surface area contributed by atoms with Gasteiger partial charge in [0.25, 0.3) is 5.91 Å². The minimum atomic E-state index is -3.32. The SMILES string of the molecule is CC(C)(C)N(CCNC(=O)c1ccccc1Br)S(C)(=O)=O. The van der Waals surface area contributed by atoms with Crippen LogP contribution in [0.5, 0.6) is 0 Å². The molecule has 118 valence electrons. The number of benzene rings is 1. The lowest BCUT2D eigenvalue weighted by molar-refractivity contribution is 0.0947. The highest BCUT2D eigenvalue weighted by Crippen LogP contribution is 2.17. The zero-order chi connectivity index (χ0) is 16.3. The normalized spacial score (nSPS) is 12.5. The first-order valence-electron chi connectivity index (χ1n) is 6.54. The molecule has 0 unspecified atom stereocenters. The number of hydrogen-bond donors (Lipinski definition) is 1. The van der Waals surface area contributed by atoms with Crippen LogP contribution < -0.4 is 5.32 Å². The Kier molecular flexibility index (Phi) is 5.95. The quantitative estimate of drug-likeness (QED) is 0.856. The summed E-state index contributed by atoms with van der Waals surface area (Å²) in [4.78, 5) is 12.0. The molecule has 1 aromatic rings. The first kappa shape index (κ1) is 18.1. The molecule has 7 heteroatoms. The van der Waals surface area contributed by atoms with Gasteiger partial charge in [0.15, 0.2) is 0 Å². The van der Waals surface area contributed by atoms with Gasteiger partial charge in [-0.3, -0.25) is 4.79 Å². The van der Waals surface area contributed by atoms with Crippen molar-refractivity contribution in [3.8, 4) is 0 Å². The summed E-state index contributed by atoms with van der Waals surface area (Å²) in [7, 11) is -3.32. The Balaban J connectivity index is 2.68. The molecule has 21 heavy (non-hydrogen) atoms. The third-order valence-corrected chi connectivity index (χ3v) is 5.09. The van der Waals surface area contributed by atoms with Crippen molar-refractivity contribution in [3.63, 3.8) is 0 Å². The van der Waals surface area contributed by atoms with E-state index < -0.39 is 15.6 Å². The number of hydrogen-bond acceptors (Lipinski definition) is 3. The molecule has 0 atom stereocenters. The molecule has 0 aliphatic rings. The number of carbonyl (C=O) groups excluding carboxylic acids is 1. The number of amides is 1. The van der Waals surface area contributed by atoms with E-state index >= 15 is 0 Å². The Hall–Kier alpha value is -0.920. The standard InChI is InChI=1S/C14H21BrN2O3S/c1-14(2,3)17(21(4,19)20)10-9-16-13(18)11-7-5-6-8-12(11)15/h5-8H,9-10H2,1-4H3,(H,16,18). The van der Waals surface area contributed by atoms with Crippen molar-refractivity contribution in [1.82, 2.24) is 9.62 Å². The summed E-state index contributed by atoms with van der Waals surface area (Å²) >= 11 is 3.31. The molecule has 0 aromatic heterocycles. The zero-order valence-corrected chi connectivity index (χ0v) is 15.1. The van der Waals surface area contributed by atoms with E-state index in [2.05, 4.69) is 21.2 Å².